The van der Waals surface area contributed by atoms with Gasteiger partial charge in [-0.3, -0.25) is 0 Å². The summed E-state index contributed by atoms with van der Waals surface area (Å²) >= 11 is 11.9. The Morgan fingerprint density at radius 2 is 1.50 bits per heavy atom. The van der Waals surface area contributed by atoms with Gasteiger partial charge in [0.05, 0.1) is 10.1 Å². The first-order chi connectivity index (χ1) is 8.15. The zero-order valence-electron chi connectivity index (χ0n) is 10.5. The minimum atomic E-state index is -1.39. The van der Waals surface area contributed by atoms with Gasteiger partial charge in [-0.05, 0) is 26.3 Å². The predicted octanol–water partition coefficient (Wildman–Crippen LogP) is 3.51. The number of benzene rings is 1. The summed E-state index contributed by atoms with van der Waals surface area (Å²) in [6, 6.07) is 8.95. The fourth-order valence-electron chi connectivity index (χ4n) is 1.26. The van der Waals surface area contributed by atoms with Crippen molar-refractivity contribution in [2.24, 2.45) is 0 Å². The van der Waals surface area contributed by atoms with Gasteiger partial charge in [0.2, 0.25) is 0 Å². The van der Waals surface area contributed by atoms with E-state index < -0.39 is 11.2 Å². The van der Waals surface area contributed by atoms with Gasteiger partial charge in [0.25, 0.3) is 0 Å². The highest BCUT2D eigenvalue weighted by atomic mass is 35.5. The summed E-state index contributed by atoms with van der Waals surface area (Å²) in [5.74, 6) is 0. The summed E-state index contributed by atoms with van der Waals surface area (Å²) in [5, 5.41) is 20.1. The molecule has 0 spiro atoms. The standard InChI is InChI=1S/C14H16Cl2O2/c1-13(2,17)11(15)9-12(16)14(3,18)10-7-5-4-6-8-10/h4-8,17-18H,1-3H3. The van der Waals surface area contributed by atoms with Crippen molar-refractivity contribution in [3.8, 4) is 0 Å². The normalized spacial score (nSPS) is 14.6. The van der Waals surface area contributed by atoms with E-state index in [0.29, 0.717) is 5.56 Å². The molecule has 2 nitrogen and oxygen atoms in total. The van der Waals surface area contributed by atoms with Crippen molar-refractivity contribution in [3.63, 3.8) is 0 Å². The van der Waals surface area contributed by atoms with Crippen molar-refractivity contribution in [2.75, 3.05) is 0 Å². The van der Waals surface area contributed by atoms with Gasteiger partial charge in [-0.1, -0.05) is 59.3 Å². The van der Waals surface area contributed by atoms with E-state index in [2.05, 4.69) is 5.73 Å². The largest absolute Gasteiger partial charge is 0.384 e. The van der Waals surface area contributed by atoms with Crippen LogP contribution in [0.1, 0.15) is 26.3 Å². The quantitative estimate of drug-likeness (QED) is 0.835. The Morgan fingerprint density at radius 3 is 1.94 bits per heavy atom. The van der Waals surface area contributed by atoms with Crippen molar-refractivity contribution < 1.29 is 10.2 Å². The van der Waals surface area contributed by atoms with E-state index in [-0.39, 0.29) is 10.1 Å². The molecule has 1 rings (SSSR count). The molecular formula is C14H16Cl2O2. The Hall–Kier alpha value is -0.760. The number of hydrogen-bond donors (Lipinski definition) is 2. The first-order valence-electron chi connectivity index (χ1n) is 5.49. The van der Waals surface area contributed by atoms with Gasteiger partial charge >= 0.3 is 0 Å². The zero-order valence-corrected chi connectivity index (χ0v) is 12.0. The second-order valence-electron chi connectivity index (χ2n) is 4.75. The first kappa shape index (κ1) is 15.3. The summed E-state index contributed by atoms with van der Waals surface area (Å²) in [7, 11) is 0. The Balaban J connectivity index is 3.26. The lowest BCUT2D eigenvalue weighted by molar-refractivity contribution is 0.105. The van der Waals surface area contributed by atoms with Crippen LogP contribution < -0.4 is 0 Å². The summed E-state index contributed by atoms with van der Waals surface area (Å²) in [4.78, 5) is 0. The van der Waals surface area contributed by atoms with Crippen LogP contribution in [0, 0.1) is 0 Å². The molecule has 0 heterocycles. The predicted molar refractivity (Wildman–Crippen MR) is 74.6 cm³/mol. The van der Waals surface area contributed by atoms with Crippen LogP contribution in [0.25, 0.3) is 0 Å². The maximum Gasteiger partial charge on any atom is 0.130 e. The lowest BCUT2D eigenvalue weighted by Crippen LogP contribution is -2.22. The third kappa shape index (κ3) is 3.61. The smallest absolute Gasteiger partial charge is 0.130 e. The third-order valence-corrected chi connectivity index (χ3v) is 3.54. The Labute approximate surface area is 117 Å². The van der Waals surface area contributed by atoms with E-state index in [1.165, 1.54) is 13.8 Å². The van der Waals surface area contributed by atoms with Crippen molar-refractivity contribution in [1.82, 2.24) is 0 Å². The van der Waals surface area contributed by atoms with Crippen LogP contribution >= 0.6 is 23.2 Å². The number of halogens is 2. The van der Waals surface area contributed by atoms with Crippen LogP contribution in [-0.4, -0.2) is 15.8 Å². The van der Waals surface area contributed by atoms with E-state index in [1.807, 2.05) is 6.07 Å². The molecule has 1 unspecified atom stereocenters. The van der Waals surface area contributed by atoms with E-state index in [4.69, 9.17) is 23.2 Å². The van der Waals surface area contributed by atoms with Crippen LogP contribution in [0.2, 0.25) is 0 Å². The van der Waals surface area contributed by atoms with Crippen molar-refractivity contribution >= 4 is 23.2 Å². The SMILES string of the molecule is CC(C)(O)C(Cl)=C=C(Cl)C(C)(O)c1ccccc1. The summed E-state index contributed by atoms with van der Waals surface area (Å²) < 4.78 is 0. The summed E-state index contributed by atoms with van der Waals surface area (Å²) in [5.41, 5.74) is 0.614. The number of rotatable bonds is 3. The van der Waals surface area contributed by atoms with E-state index in [0.717, 1.165) is 0 Å². The molecule has 18 heavy (non-hydrogen) atoms. The first-order valence-corrected chi connectivity index (χ1v) is 6.24. The van der Waals surface area contributed by atoms with Crippen LogP contribution in [0.4, 0.5) is 0 Å². The van der Waals surface area contributed by atoms with E-state index >= 15 is 0 Å². The molecule has 0 saturated carbocycles. The average Bonchev–Trinajstić information content (AvgIpc) is 2.28. The summed E-state index contributed by atoms with van der Waals surface area (Å²) in [6.07, 6.45) is 0. The zero-order chi connectivity index (χ0) is 14.0. The fraction of sp³-hybridized carbons (Fsp3) is 0.357. The minimum Gasteiger partial charge on any atom is -0.384 e. The molecule has 0 saturated heterocycles. The maximum atomic E-state index is 10.4. The molecule has 98 valence electrons. The monoisotopic (exact) mass is 286 g/mol. The molecule has 4 heteroatoms. The van der Waals surface area contributed by atoms with Crippen LogP contribution in [0.5, 0.6) is 0 Å². The molecule has 0 aromatic heterocycles. The Morgan fingerprint density at radius 1 is 1.00 bits per heavy atom. The third-order valence-electron chi connectivity index (χ3n) is 2.52. The molecule has 0 aliphatic carbocycles. The highest BCUT2D eigenvalue weighted by Gasteiger charge is 2.28. The van der Waals surface area contributed by atoms with Gasteiger partial charge in [-0.2, -0.15) is 0 Å². The van der Waals surface area contributed by atoms with Gasteiger partial charge in [-0.15, -0.1) is 0 Å². The van der Waals surface area contributed by atoms with Crippen molar-refractivity contribution in [1.29, 1.82) is 0 Å². The maximum absolute atomic E-state index is 10.4. The lowest BCUT2D eigenvalue weighted by atomic mass is 9.95. The van der Waals surface area contributed by atoms with Crippen LogP contribution in [0.15, 0.2) is 46.1 Å². The van der Waals surface area contributed by atoms with Crippen molar-refractivity contribution in [2.45, 2.75) is 32.0 Å². The Kier molecular flexibility index (Phi) is 4.66. The van der Waals surface area contributed by atoms with Gasteiger partial charge in [0, 0.05) is 0 Å². The van der Waals surface area contributed by atoms with Gasteiger partial charge in [0.1, 0.15) is 11.2 Å². The molecule has 0 amide bonds. The van der Waals surface area contributed by atoms with Gasteiger partial charge < -0.3 is 10.2 Å². The highest BCUT2D eigenvalue weighted by molar-refractivity contribution is 6.33. The Bertz CT molecular complexity index is 478. The van der Waals surface area contributed by atoms with E-state index in [1.54, 1.807) is 31.2 Å². The molecule has 0 radical (unpaired) electrons. The van der Waals surface area contributed by atoms with Crippen LogP contribution in [0.3, 0.4) is 0 Å². The molecule has 0 aliphatic rings. The molecule has 1 aromatic carbocycles. The molecule has 0 fully saturated rings. The topological polar surface area (TPSA) is 40.5 Å². The second kappa shape index (κ2) is 5.48. The average molecular weight is 287 g/mol. The molecule has 1 atom stereocenters. The summed E-state index contributed by atoms with van der Waals surface area (Å²) in [6.45, 7) is 4.58. The minimum absolute atomic E-state index is 0.0285. The highest BCUT2D eigenvalue weighted by Crippen LogP contribution is 2.32. The van der Waals surface area contributed by atoms with Crippen LogP contribution in [-0.2, 0) is 5.60 Å². The van der Waals surface area contributed by atoms with E-state index in [9.17, 15) is 10.2 Å². The molecule has 2 N–H and O–H groups in total. The van der Waals surface area contributed by atoms with Gasteiger partial charge in [0.15, 0.2) is 0 Å². The lowest BCUT2D eigenvalue weighted by Gasteiger charge is -2.22. The van der Waals surface area contributed by atoms with Gasteiger partial charge in [-0.25, -0.2) is 0 Å². The molecule has 0 bridgehead atoms. The number of hydrogen-bond acceptors (Lipinski definition) is 2. The molecule has 1 aromatic rings. The molecule has 0 aliphatic heterocycles. The van der Waals surface area contributed by atoms with Crippen molar-refractivity contribution in [3.05, 3.63) is 51.7 Å². The second-order valence-corrected chi connectivity index (χ2v) is 5.51. The number of aliphatic hydroxyl groups is 2. The fourth-order valence-corrected chi connectivity index (χ4v) is 1.61. The molecular weight excluding hydrogens is 271 g/mol.